The Morgan fingerprint density at radius 3 is 2.60 bits per heavy atom. The van der Waals surface area contributed by atoms with Crippen LogP contribution in [0.15, 0.2) is 58.3 Å². The van der Waals surface area contributed by atoms with E-state index in [0.29, 0.717) is 27.8 Å². The number of likely N-dealkylation sites (N-methyl/N-ethyl adjacent to an activating group) is 1. The number of nitrogens with one attached hydrogen (secondary N) is 1. The normalized spacial score (nSPS) is 26.0. The van der Waals surface area contributed by atoms with Gasteiger partial charge in [0.1, 0.15) is 0 Å². The summed E-state index contributed by atoms with van der Waals surface area (Å²) in [6.45, 7) is 3.22. The molecule has 1 fully saturated rings. The lowest BCUT2D eigenvalue weighted by Gasteiger charge is -2.25. The first-order valence-corrected chi connectivity index (χ1v) is 10.4. The van der Waals surface area contributed by atoms with Gasteiger partial charge in [0.2, 0.25) is 9.84 Å². The zero-order chi connectivity index (χ0) is 17.6. The molecule has 0 bridgehead atoms. The van der Waals surface area contributed by atoms with E-state index in [4.69, 9.17) is 0 Å². The Morgan fingerprint density at radius 1 is 1.08 bits per heavy atom. The van der Waals surface area contributed by atoms with Crippen LogP contribution in [0.3, 0.4) is 0 Å². The predicted octanol–water partition coefficient (Wildman–Crippen LogP) is 3.19. The summed E-state index contributed by atoms with van der Waals surface area (Å²) in [6.07, 6.45) is 2.12. The highest BCUT2D eigenvalue weighted by molar-refractivity contribution is 7.91. The van der Waals surface area contributed by atoms with E-state index >= 15 is 0 Å². The molecule has 132 valence electrons. The van der Waals surface area contributed by atoms with Crippen molar-refractivity contribution in [3.05, 3.63) is 54.1 Å². The van der Waals surface area contributed by atoms with Crippen LogP contribution >= 0.6 is 0 Å². The molecule has 0 saturated carbocycles. The van der Waals surface area contributed by atoms with Gasteiger partial charge in [-0.05, 0) is 62.2 Å². The topological polar surface area (TPSA) is 49.4 Å². The number of benzene rings is 2. The number of rotatable bonds is 2. The monoisotopic (exact) mass is 356 g/mol. The molecule has 2 aromatic carbocycles. The van der Waals surface area contributed by atoms with Crippen molar-refractivity contribution in [3.63, 3.8) is 0 Å². The fourth-order valence-electron chi connectivity index (χ4n) is 4.33. The lowest BCUT2D eigenvalue weighted by Crippen LogP contribution is -2.31. The number of fused-ring (bicyclic) bond motifs is 3. The Kier molecular flexibility index (Phi) is 4.08. The predicted molar refractivity (Wildman–Crippen MR) is 100.0 cm³/mol. The standard InChI is InChI=1S/C20H24N2O2S/c1-14-12-17-18-13-16(25(23,24)15-6-4-3-5-7-15)8-9-19(18)22(2)20(17)10-11-21-14/h3-9,13-14,17,20-21H,10-12H2,1-2H3/t14?,17-,20+/m0/s1. The minimum absolute atomic E-state index is 0.355. The molecule has 1 N–H and O–H groups in total. The molecule has 2 heterocycles. The van der Waals surface area contributed by atoms with E-state index in [1.165, 1.54) is 11.3 Å². The molecule has 25 heavy (non-hydrogen) atoms. The summed E-state index contributed by atoms with van der Waals surface area (Å²) in [5.74, 6) is 0.385. The van der Waals surface area contributed by atoms with Gasteiger partial charge in [0.15, 0.2) is 0 Å². The van der Waals surface area contributed by atoms with E-state index < -0.39 is 9.84 Å². The van der Waals surface area contributed by atoms with E-state index in [9.17, 15) is 8.42 Å². The van der Waals surface area contributed by atoms with Crippen molar-refractivity contribution in [2.45, 2.75) is 47.6 Å². The molecule has 1 saturated heterocycles. The highest BCUT2D eigenvalue weighted by Crippen LogP contribution is 2.45. The number of sulfone groups is 1. The number of nitrogens with zero attached hydrogens (tertiary/aromatic N) is 1. The van der Waals surface area contributed by atoms with E-state index in [1.807, 2.05) is 18.2 Å². The summed E-state index contributed by atoms with van der Waals surface area (Å²) >= 11 is 0. The molecule has 0 aromatic heterocycles. The zero-order valence-corrected chi connectivity index (χ0v) is 15.5. The van der Waals surface area contributed by atoms with Crippen molar-refractivity contribution in [3.8, 4) is 0 Å². The molecule has 2 aliphatic heterocycles. The first-order valence-electron chi connectivity index (χ1n) is 8.89. The van der Waals surface area contributed by atoms with Crippen LogP contribution in [0.25, 0.3) is 0 Å². The molecule has 3 atom stereocenters. The Labute approximate surface area is 149 Å². The van der Waals surface area contributed by atoms with Crippen LogP contribution < -0.4 is 10.2 Å². The first-order chi connectivity index (χ1) is 12.0. The summed E-state index contributed by atoms with van der Waals surface area (Å²) < 4.78 is 26.0. The molecule has 0 spiro atoms. The van der Waals surface area contributed by atoms with Crippen molar-refractivity contribution in [1.29, 1.82) is 0 Å². The average Bonchev–Trinajstić information content (AvgIpc) is 2.76. The van der Waals surface area contributed by atoms with Gasteiger partial charge in [0, 0.05) is 30.7 Å². The number of anilines is 1. The third kappa shape index (κ3) is 2.75. The van der Waals surface area contributed by atoms with Gasteiger partial charge in [-0.1, -0.05) is 18.2 Å². The number of hydrogen-bond donors (Lipinski definition) is 1. The smallest absolute Gasteiger partial charge is 0.206 e. The van der Waals surface area contributed by atoms with Gasteiger partial charge in [0.25, 0.3) is 0 Å². The fourth-order valence-corrected chi connectivity index (χ4v) is 5.65. The third-order valence-corrected chi connectivity index (χ3v) is 7.41. The van der Waals surface area contributed by atoms with Crippen molar-refractivity contribution >= 4 is 15.5 Å². The minimum Gasteiger partial charge on any atom is -0.371 e. The van der Waals surface area contributed by atoms with Crippen LogP contribution in [0, 0.1) is 0 Å². The summed E-state index contributed by atoms with van der Waals surface area (Å²) in [4.78, 5) is 3.09. The summed E-state index contributed by atoms with van der Waals surface area (Å²) in [5, 5.41) is 3.55. The Morgan fingerprint density at radius 2 is 1.84 bits per heavy atom. The van der Waals surface area contributed by atoms with Gasteiger partial charge < -0.3 is 10.2 Å². The van der Waals surface area contributed by atoms with Crippen molar-refractivity contribution in [2.24, 2.45) is 0 Å². The SMILES string of the molecule is CC1C[C@H]2c3cc(S(=O)(=O)c4ccccc4)ccc3N(C)[C@@H]2CCN1. The average molecular weight is 356 g/mol. The number of hydrogen-bond acceptors (Lipinski definition) is 4. The van der Waals surface area contributed by atoms with Crippen molar-refractivity contribution in [2.75, 3.05) is 18.5 Å². The maximum atomic E-state index is 13.0. The second-order valence-corrected chi connectivity index (χ2v) is 9.15. The van der Waals surface area contributed by atoms with Crippen LogP contribution in [0.5, 0.6) is 0 Å². The summed E-state index contributed by atoms with van der Waals surface area (Å²) in [7, 11) is -1.34. The van der Waals surface area contributed by atoms with Crippen molar-refractivity contribution in [1.82, 2.24) is 5.32 Å². The zero-order valence-electron chi connectivity index (χ0n) is 14.6. The Hall–Kier alpha value is -1.85. The summed E-state index contributed by atoms with van der Waals surface area (Å²) in [6, 6.07) is 15.2. The molecular weight excluding hydrogens is 332 g/mol. The Bertz CT molecular complexity index is 880. The lowest BCUT2D eigenvalue weighted by molar-refractivity contribution is 0.496. The molecule has 4 rings (SSSR count). The minimum atomic E-state index is -3.47. The molecule has 5 heteroatoms. The fraction of sp³-hybridized carbons (Fsp3) is 0.400. The maximum absolute atomic E-state index is 13.0. The summed E-state index contributed by atoms with van der Waals surface area (Å²) in [5.41, 5.74) is 2.36. The molecule has 1 unspecified atom stereocenters. The highest BCUT2D eigenvalue weighted by atomic mass is 32.2. The third-order valence-electron chi connectivity index (χ3n) is 5.64. The first kappa shape index (κ1) is 16.6. The van der Waals surface area contributed by atoms with Gasteiger partial charge in [-0.3, -0.25) is 0 Å². The van der Waals surface area contributed by atoms with Crippen LogP contribution in [0.2, 0.25) is 0 Å². The molecule has 2 aromatic rings. The second-order valence-electron chi connectivity index (χ2n) is 7.20. The van der Waals surface area contributed by atoms with Gasteiger partial charge in [-0.15, -0.1) is 0 Å². The molecule has 0 aliphatic carbocycles. The molecule has 2 aliphatic rings. The molecule has 4 nitrogen and oxygen atoms in total. The van der Waals surface area contributed by atoms with Gasteiger partial charge in [-0.25, -0.2) is 8.42 Å². The van der Waals surface area contributed by atoms with Gasteiger partial charge in [0.05, 0.1) is 9.79 Å². The van der Waals surface area contributed by atoms with Crippen LogP contribution in [-0.2, 0) is 9.84 Å². The molecule has 0 amide bonds. The molecule has 0 radical (unpaired) electrons. The highest BCUT2D eigenvalue weighted by Gasteiger charge is 2.39. The molecular formula is C20H24N2O2S. The van der Waals surface area contributed by atoms with Gasteiger partial charge in [-0.2, -0.15) is 0 Å². The second kappa shape index (κ2) is 6.15. The van der Waals surface area contributed by atoms with E-state index in [-0.39, 0.29) is 0 Å². The van der Waals surface area contributed by atoms with E-state index in [1.54, 1.807) is 30.3 Å². The Balaban J connectivity index is 1.78. The van der Waals surface area contributed by atoms with E-state index in [2.05, 4.69) is 24.2 Å². The van der Waals surface area contributed by atoms with Gasteiger partial charge >= 0.3 is 0 Å². The van der Waals surface area contributed by atoms with Crippen molar-refractivity contribution < 1.29 is 8.42 Å². The quantitative estimate of drug-likeness (QED) is 0.898. The van der Waals surface area contributed by atoms with Crippen LogP contribution in [0.1, 0.15) is 31.2 Å². The van der Waals surface area contributed by atoms with Crippen LogP contribution in [-0.4, -0.2) is 34.1 Å². The largest absolute Gasteiger partial charge is 0.371 e. The maximum Gasteiger partial charge on any atom is 0.206 e. The lowest BCUT2D eigenvalue weighted by atomic mass is 9.89. The van der Waals surface area contributed by atoms with E-state index in [0.717, 1.165) is 19.4 Å². The van der Waals surface area contributed by atoms with Crippen LogP contribution in [0.4, 0.5) is 5.69 Å².